The third kappa shape index (κ3) is 1.98. The third-order valence-corrected chi connectivity index (χ3v) is 5.40. The van der Waals surface area contributed by atoms with Gasteiger partial charge in [0.15, 0.2) is 7.14 Å². The van der Waals surface area contributed by atoms with Crippen LogP contribution in [0.2, 0.25) is 0 Å². The molecule has 3 rings (SSSR count). The Labute approximate surface area is 107 Å². The van der Waals surface area contributed by atoms with Crippen LogP contribution in [-0.2, 0) is 4.57 Å². The van der Waals surface area contributed by atoms with Gasteiger partial charge in [0, 0.05) is 5.30 Å². The molecule has 0 atom stereocenters. The molecule has 0 radical (unpaired) electrons. The van der Waals surface area contributed by atoms with Crippen LogP contribution in [0.3, 0.4) is 0 Å². The van der Waals surface area contributed by atoms with Gasteiger partial charge in [0.1, 0.15) is 0 Å². The fraction of sp³-hybridized carbons (Fsp3) is 0. The van der Waals surface area contributed by atoms with Crippen LogP contribution >= 0.6 is 7.14 Å². The second kappa shape index (κ2) is 4.44. The molecule has 2 aromatic rings. The molecule has 1 nitrogen and oxygen atoms in total. The maximum absolute atomic E-state index is 12.9. The topological polar surface area (TPSA) is 17.1 Å². The number of hydrogen-bond acceptors (Lipinski definition) is 1. The van der Waals surface area contributed by atoms with Gasteiger partial charge in [0.05, 0.1) is 0 Å². The highest BCUT2D eigenvalue weighted by molar-refractivity contribution is 7.77. The molecule has 0 aliphatic carbocycles. The summed E-state index contributed by atoms with van der Waals surface area (Å²) in [5.41, 5.74) is 2.23. The van der Waals surface area contributed by atoms with E-state index in [1.165, 1.54) is 0 Å². The molecule has 88 valence electrons. The van der Waals surface area contributed by atoms with Gasteiger partial charge in [0.2, 0.25) is 0 Å². The standard InChI is InChI=1S/C16H13OP/c17-18(16-8-2-1-3-9-16)12-10-14-6-4-5-7-15(14)11-13-18/h1-13H. The van der Waals surface area contributed by atoms with E-state index in [0.29, 0.717) is 0 Å². The first-order valence-electron chi connectivity index (χ1n) is 5.90. The van der Waals surface area contributed by atoms with Crippen molar-refractivity contribution in [3.05, 3.63) is 77.4 Å². The normalized spacial score (nSPS) is 16.0. The van der Waals surface area contributed by atoms with Crippen LogP contribution in [0.15, 0.2) is 66.2 Å². The van der Waals surface area contributed by atoms with E-state index >= 15 is 0 Å². The predicted molar refractivity (Wildman–Crippen MR) is 78.2 cm³/mol. The summed E-state index contributed by atoms with van der Waals surface area (Å²) in [7, 11) is -2.55. The van der Waals surface area contributed by atoms with Gasteiger partial charge in [-0.25, -0.2) is 0 Å². The van der Waals surface area contributed by atoms with E-state index in [1.807, 2.05) is 78.4 Å². The van der Waals surface area contributed by atoms with Gasteiger partial charge in [-0.1, -0.05) is 66.7 Å². The van der Waals surface area contributed by atoms with Crippen molar-refractivity contribution in [1.82, 2.24) is 0 Å². The Hall–Kier alpha value is -1.85. The second-order valence-corrected chi connectivity index (χ2v) is 6.84. The Morgan fingerprint density at radius 1 is 0.667 bits per heavy atom. The number of benzene rings is 2. The predicted octanol–water partition coefficient (Wildman–Crippen LogP) is 4.33. The molecule has 0 spiro atoms. The van der Waals surface area contributed by atoms with Crippen LogP contribution in [0.25, 0.3) is 12.2 Å². The molecule has 2 aromatic carbocycles. The molecule has 2 heteroatoms. The molecular formula is C16H13OP. The van der Waals surface area contributed by atoms with Crippen molar-refractivity contribution in [2.24, 2.45) is 0 Å². The minimum absolute atomic E-state index is 0.880. The minimum atomic E-state index is -2.55. The summed E-state index contributed by atoms with van der Waals surface area (Å²) in [4.78, 5) is 0. The number of hydrogen-bond donors (Lipinski definition) is 0. The lowest BCUT2D eigenvalue weighted by Crippen LogP contribution is -1.99. The average molecular weight is 252 g/mol. The summed E-state index contributed by atoms with van der Waals surface area (Å²) in [5, 5.41) is 0.880. The first kappa shape index (κ1) is 11.3. The zero-order valence-electron chi connectivity index (χ0n) is 9.86. The van der Waals surface area contributed by atoms with Crippen LogP contribution in [-0.4, -0.2) is 0 Å². The molecule has 0 N–H and O–H groups in total. The van der Waals surface area contributed by atoms with Gasteiger partial charge in [-0.3, -0.25) is 0 Å². The maximum Gasteiger partial charge on any atom is 0.157 e. The zero-order chi connectivity index (χ0) is 12.4. The maximum atomic E-state index is 12.9. The van der Waals surface area contributed by atoms with Crippen molar-refractivity contribution in [2.75, 3.05) is 0 Å². The van der Waals surface area contributed by atoms with E-state index in [1.54, 1.807) is 0 Å². The van der Waals surface area contributed by atoms with Crippen molar-refractivity contribution >= 4 is 24.6 Å². The summed E-state index contributed by atoms with van der Waals surface area (Å²) in [5.74, 6) is 3.68. The molecule has 0 bridgehead atoms. The molecule has 0 fully saturated rings. The molecule has 1 aliphatic rings. The molecule has 18 heavy (non-hydrogen) atoms. The van der Waals surface area contributed by atoms with Crippen LogP contribution in [0, 0.1) is 0 Å². The van der Waals surface area contributed by atoms with Crippen LogP contribution in [0.1, 0.15) is 11.1 Å². The van der Waals surface area contributed by atoms with Gasteiger partial charge >= 0.3 is 0 Å². The molecule has 0 saturated heterocycles. The summed E-state index contributed by atoms with van der Waals surface area (Å²) >= 11 is 0. The fourth-order valence-corrected chi connectivity index (χ4v) is 3.93. The molecular weight excluding hydrogens is 239 g/mol. The van der Waals surface area contributed by atoms with Crippen molar-refractivity contribution in [3.63, 3.8) is 0 Å². The Balaban J connectivity index is 2.12. The van der Waals surface area contributed by atoms with E-state index in [2.05, 4.69) is 0 Å². The quantitative estimate of drug-likeness (QED) is 0.690. The molecule has 0 saturated carbocycles. The van der Waals surface area contributed by atoms with Crippen LogP contribution < -0.4 is 5.30 Å². The summed E-state index contributed by atoms with van der Waals surface area (Å²) in [6.07, 6.45) is 3.92. The first-order chi connectivity index (χ1) is 8.78. The second-order valence-electron chi connectivity index (χ2n) is 4.31. The summed E-state index contributed by atoms with van der Waals surface area (Å²) < 4.78 is 12.9. The Kier molecular flexibility index (Phi) is 2.77. The Bertz CT molecular complexity index is 632. The molecule has 1 aliphatic heterocycles. The fourth-order valence-electron chi connectivity index (χ4n) is 2.08. The SMILES string of the molecule is O=P1(c2ccccc2)C=Cc2ccccc2C=C1. The lowest BCUT2D eigenvalue weighted by molar-refractivity contribution is 0.592. The summed E-state index contributed by atoms with van der Waals surface area (Å²) in [6, 6.07) is 17.7. The monoisotopic (exact) mass is 252 g/mol. The lowest BCUT2D eigenvalue weighted by Gasteiger charge is -2.08. The van der Waals surface area contributed by atoms with E-state index in [4.69, 9.17) is 0 Å². The number of fused-ring (bicyclic) bond motifs is 1. The van der Waals surface area contributed by atoms with Crippen LogP contribution in [0.5, 0.6) is 0 Å². The van der Waals surface area contributed by atoms with E-state index in [9.17, 15) is 4.57 Å². The van der Waals surface area contributed by atoms with E-state index in [0.717, 1.165) is 16.4 Å². The summed E-state index contributed by atoms with van der Waals surface area (Å²) in [6.45, 7) is 0. The lowest BCUT2D eigenvalue weighted by atomic mass is 10.1. The van der Waals surface area contributed by atoms with Crippen molar-refractivity contribution in [1.29, 1.82) is 0 Å². The van der Waals surface area contributed by atoms with Gasteiger partial charge in [0.25, 0.3) is 0 Å². The van der Waals surface area contributed by atoms with E-state index in [-0.39, 0.29) is 0 Å². The van der Waals surface area contributed by atoms with Crippen LogP contribution in [0.4, 0.5) is 0 Å². The van der Waals surface area contributed by atoms with Gasteiger partial charge in [-0.2, -0.15) is 0 Å². The first-order valence-corrected chi connectivity index (χ1v) is 7.75. The zero-order valence-corrected chi connectivity index (χ0v) is 10.8. The van der Waals surface area contributed by atoms with Crippen molar-refractivity contribution in [2.45, 2.75) is 0 Å². The highest BCUT2D eigenvalue weighted by Gasteiger charge is 2.19. The largest absolute Gasteiger partial charge is 0.310 e. The minimum Gasteiger partial charge on any atom is -0.310 e. The molecule has 1 heterocycles. The highest BCUT2D eigenvalue weighted by atomic mass is 31.2. The van der Waals surface area contributed by atoms with Gasteiger partial charge in [-0.05, 0) is 22.8 Å². The smallest absolute Gasteiger partial charge is 0.157 e. The highest BCUT2D eigenvalue weighted by Crippen LogP contribution is 2.50. The van der Waals surface area contributed by atoms with Crippen molar-refractivity contribution < 1.29 is 4.57 Å². The third-order valence-electron chi connectivity index (χ3n) is 3.11. The van der Waals surface area contributed by atoms with Gasteiger partial charge in [-0.15, -0.1) is 0 Å². The Morgan fingerprint density at radius 2 is 1.17 bits per heavy atom. The van der Waals surface area contributed by atoms with Crippen molar-refractivity contribution in [3.8, 4) is 0 Å². The van der Waals surface area contributed by atoms with E-state index < -0.39 is 7.14 Å². The molecule has 0 amide bonds. The molecule has 0 aromatic heterocycles. The molecule has 0 unspecified atom stereocenters. The average Bonchev–Trinajstić information content (AvgIpc) is 2.61. The Morgan fingerprint density at radius 3 is 1.72 bits per heavy atom. The number of rotatable bonds is 1. The van der Waals surface area contributed by atoms with Gasteiger partial charge < -0.3 is 4.57 Å².